The summed E-state index contributed by atoms with van der Waals surface area (Å²) >= 11 is 6.04. The van der Waals surface area contributed by atoms with E-state index in [2.05, 4.69) is 35.1 Å². The lowest BCUT2D eigenvalue weighted by Crippen LogP contribution is -2.28. The zero-order valence-electron chi connectivity index (χ0n) is 14.8. The first-order valence-electron chi connectivity index (χ1n) is 8.67. The van der Waals surface area contributed by atoms with E-state index >= 15 is 0 Å². The van der Waals surface area contributed by atoms with Crippen LogP contribution in [-0.4, -0.2) is 47.3 Å². The van der Waals surface area contributed by atoms with Crippen LogP contribution in [0.1, 0.15) is 32.3 Å². The number of nitrogens with one attached hydrogen (secondary N) is 1. The summed E-state index contributed by atoms with van der Waals surface area (Å²) in [7, 11) is 0. The van der Waals surface area contributed by atoms with E-state index in [9.17, 15) is 5.26 Å². The highest BCUT2D eigenvalue weighted by Gasteiger charge is 2.12. The smallest absolute Gasteiger partial charge is 0.103 e. The summed E-state index contributed by atoms with van der Waals surface area (Å²) in [4.78, 5) is 6.55. The Balaban J connectivity index is 2.07. The molecule has 2 N–H and O–H groups in total. The molecule has 0 fully saturated rings. The third-order valence-corrected chi connectivity index (χ3v) is 4.55. The number of hydrogen-bond acceptors (Lipinski definition) is 5. The van der Waals surface area contributed by atoms with Gasteiger partial charge in [-0.05, 0) is 51.1 Å². The molecule has 6 heteroatoms. The van der Waals surface area contributed by atoms with Crippen LogP contribution < -0.4 is 5.32 Å². The molecular formula is C19H25ClN4O. The molecule has 0 aliphatic heterocycles. The molecule has 0 aliphatic carbocycles. The minimum Gasteiger partial charge on any atom is -0.395 e. The quantitative estimate of drug-likeness (QED) is 0.714. The molecule has 1 unspecified atom stereocenters. The van der Waals surface area contributed by atoms with Crippen LogP contribution in [0.2, 0.25) is 5.02 Å². The maximum Gasteiger partial charge on any atom is 0.103 e. The van der Waals surface area contributed by atoms with E-state index in [-0.39, 0.29) is 12.6 Å². The summed E-state index contributed by atoms with van der Waals surface area (Å²) in [5.74, 6) is 0. The first kappa shape index (κ1) is 19.5. The second kappa shape index (κ2) is 9.57. The monoisotopic (exact) mass is 360 g/mol. The maximum absolute atomic E-state index is 9.40. The standard InChI is InChI=1S/C19H25ClN4O/c1-3-24(9-10-25)8-4-5-14(2)23-19-15(12-21)13-22-18-11-16(20)6-7-17(18)19/h6-7,11,13-14,25H,3-5,8-10H2,1-2H3,(H,22,23). The van der Waals surface area contributed by atoms with Gasteiger partial charge in [0, 0.05) is 29.2 Å². The first-order chi connectivity index (χ1) is 12.1. The number of anilines is 1. The summed E-state index contributed by atoms with van der Waals surface area (Å²) in [6.45, 7) is 7.03. The van der Waals surface area contributed by atoms with Gasteiger partial charge in [0.25, 0.3) is 0 Å². The van der Waals surface area contributed by atoms with Crippen LogP contribution in [0.3, 0.4) is 0 Å². The fourth-order valence-corrected chi connectivity index (χ4v) is 3.08. The first-order valence-corrected chi connectivity index (χ1v) is 9.05. The van der Waals surface area contributed by atoms with Crippen LogP contribution >= 0.6 is 11.6 Å². The van der Waals surface area contributed by atoms with Gasteiger partial charge in [0.05, 0.1) is 23.4 Å². The number of hydrogen-bond donors (Lipinski definition) is 2. The van der Waals surface area contributed by atoms with Crippen molar-refractivity contribution in [3.63, 3.8) is 0 Å². The van der Waals surface area contributed by atoms with Crippen LogP contribution in [-0.2, 0) is 0 Å². The number of nitriles is 1. The molecule has 0 saturated carbocycles. The Hall–Kier alpha value is -1.87. The molecule has 1 heterocycles. The zero-order valence-corrected chi connectivity index (χ0v) is 15.6. The van der Waals surface area contributed by atoms with Crippen molar-refractivity contribution in [2.24, 2.45) is 0 Å². The number of nitrogens with zero attached hydrogens (tertiary/aromatic N) is 3. The van der Waals surface area contributed by atoms with Gasteiger partial charge >= 0.3 is 0 Å². The Morgan fingerprint density at radius 2 is 2.20 bits per heavy atom. The van der Waals surface area contributed by atoms with E-state index in [1.165, 1.54) is 0 Å². The van der Waals surface area contributed by atoms with Crippen LogP contribution in [0.15, 0.2) is 24.4 Å². The zero-order chi connectivity index (χ0) is 18.2. The molecule has 0 saturated heterocycles. The summed E-state index contributed by atoms with van der Waals surface area (Å²) in [6.07, 6.45) is 3.59. The summed E-state index contributed by atoms with van der Waals surface area (Å²) < 4.78 is 0. The Bertz CT molecular complexity index is 744. The van der Waals surface area contributed by atoms with E-state index in [1.54, 1.807) is 6.20 Å². The van der Waals surface area contributed by atoms with Gasteiger partial charge in [-0.1, -0.05) is 18.5 Å². The van der Waals surface area contributed by atoms with E-state index in [4.69, 9.17) is 16.7 Å². The molecule has 0 spiro atoms. The van der Waals surface area contributed by atoms with Crippen LogP contribution in [0.25, 0.3) is 10.9 Å². The molecular weight excluding hydrogens is 336 g/mol. The molecule has 0 radical (unpaired) electrons. The van der Waals surface area contributed by atoms with Crippen molar-refractivity contribution >= 4 is 28.2 Å². The molecule has 134 valence electrons. The molecule has 1 aromatic heterocycles. The van der Waals surface area contributed by atoms with Crippen LogP contribution in [0.5, 0.6) is 0 Å². The Morgan fingerprint density at radius 1 is 1.40 bits per heavy atom. The SMILES string of the molecule is CCN(CCO)CCCC(C)Nc1c(C#N)cnc2cc(Cl)ccc12. The largest absolute Gasteiger partial charge is 0.395 e. The number of fused-ring (bicyclic) bond motifs is 1. The Labute approximate surface area is 154 Å². The highest BCUT2D eigenvalue weighted by atomic mass is 35.5. The average Bonchev–Trinajstić information content (AvgIpc) is 2.61. The van der Waals surface area contributed by atoms with Crippen molar-refractivity contribution in [1.29, 1.82) is 5.26 Å². The van der Waals surface area contributed by atoms with Gasteiger partial charge in [0.1, 0.15) is 6.07 Å². The van der Waals surface area contributed by atoms with Gasteiger partial charge < -0.3 is 15.3 Å². The number of aliphatic hydroxyl groups is 1. The van der Waals surface area contributed by atoms with E-state index < -0.39 is 0 Å². The lowest BCUT2D eigenvalue weighted by molar-refractivity contribution is 0.199. The number of halogens is 1. The minimum absolute atomic E-state index is 0.193. The second-order valence-electron chi connectivity index (χ2n) is 6.17. The van der Waals surface area contributed by atoms with Crippen molar-refractivity contribution in [2.75, 3.05) is 31.6 Å². The normalized spacial score (nSPS) is 12.3. The second-order valence-corrected chi connectivity index (χ2v) is 6.60. The molecule has 5 nitrogen and oxygen atoms in total. The molecule has 0 bridgehead atoms. The third kappa shape index (κ3) is 5.30. The third-order valence-electron chi connectivity index (χ3n) is 4.32. The van der Waals surface area contributed by atoms with E-state index in [0.29, 0.717) is 17.1 Å². The van der Waals surface area contributed by atoms with Crippen molar-refractivity contribution < 1.29 is 5.11 Å². The van der Waals surface area contributed by atoms with E-state index in [1.807, 2.05) is 18.2 Å². The molecule has 1 atom stereocenters. The number of pyridine rings is 1. The number of likely N-dealkylation sites (N-methyl/N-ethyl adjacent to an activating group) is 1. The highest BCUT2D eigenvalue weighted by molar-refractivity contribution is 6.31. The highest BCUT2D eigenvalue weighted by Crippen LogP contribution is 2.28. The lowest BCUT2D eigenvalue weighted by Gasteiger charge is -2.21. The predicted molar refractivity (Wildman–Crippen MR) is 103 cm³/mol. The van der Waals surface area contributed by atoms with Crippen molar-refractivity contribution in [3.8, 4) is 6.07 Å². The summed E-state index contributed by atoms with van der Waals surface area (Å²) in [5, 5.41) is 23.5. The van der Waals surface area contributed by atoms with Crippen LogP contribution in [0.4, 0.5) is 5.69 Å². The summed E-state index contributed by atoms with van der Waals surface area (Å²) in [6, 6.07) is 7.96. The summed E-state index contributed by atoms with van der Waals surface area (Å²) in [5.41, 5.74) is 2.14. The van der Waals surface area contributed by atoms with Gasteiger partial charge in [0.2, 0.25) is 0 Å². The molecule has 1 aromatic carbocycles. The Morgan fingerprint density at radius 3 is 2.88 bits per heavy atom. The van der Waals surface area contributed by atoms with Crippen molar-refractivity contribution in [3.05, 3.63) is 35.0 Å². The number of aliphatic hydroxyl groups excluding tert-OH is 1. The van der Waals surface area contributed by atoms with Gasteiger partial charge in [0.15, 0.2) is 0 Å². The van der Waals surface area contributed by atoms with Crippen molar-refractivity contribution in [1.82, 2.24) is 9.88 Å². The Kier molecular flexibility index (Phi) is 7.45. The molecule has 2 aromatic rings. The van der Waals surface area contributed by atoms with Gasteiger partial charge in [-0.3, -0.25) is 4.98 Å². The predicted octanol–water partition coefficient (Wildman–Crippen LogP) is 3.65. The van der Waals surface area contributed by atoms with Crippen molar-refractivity contribution in [2.45, 2.75) is 32.7 Å². The molecule has 25 heavy (non-hydrogen) atoms. The van der Waals surface area contributed by atoms with E-state index in [0.717, 1.165) is 42.5 Å². The minimum atomic E-state index is 0.193. The average molecular weight is 361 g/mol. The molecule has 0 amide bonds. The fraction of sp³-hybridized carbons (Fsp3) is 0.474. The number of aromatic nitrogens is 1. The van der Waals surface area contributed by atoms with Crippen LogP contribution in [0, 0.1) is 11.3 Å². The molecule has 0 aliphatic rings. The maximum atomic E-state index is 9.40. The van der Waals surface area contributed by atoms with Gasteiger partial charge in [-0.2, -0.15) is 5.26 Å². The van der Waals surface area contributed by atoms with Gasteiger partial charge in [-0.15, -0.1) is 0 Å². The topological polar surface area (TPSA) is 72.2 Å². The fourth-order valence-electron chi connectivity index (χ4n) is 2.92. The number of rotatable bonds is 9. The molecule has 2 rings (SSSR count). The lowest BCUT2D eigenvalue weighted by atomic mass is 10.1. The number of benzene rings is 1. The van der Waals surface area contributed by atoms with Gasteiger partial charge in [-0.25, -0.2) is 0 Å².